The number of urea groups is 2. The first-order valence-corrected chi connectivity index (χ1v) is 17.3. The Morgan fingerprint density at radius 1 is 0.481 bits per heavy atom. The van der Waals surface area contributed by atoms with Crippen LogP contribution in [0.2, 0.25) is 0 Å². The summed E-state index contributed by atoms with van der Waals surface area (Å²) in [5.41, 5.74) is 9.06. The van der Waals surface area contributed by atoms with Crippen LogP contribution in [0.5, 0.6) is 0 Å². The molecule has 4 amide bonds. The monoisotopic (exact) mass is 713 g/mol. The van der Waals surface area contributed by atoms with E-state index in [1.165, 1.54) is 63.1 Å². The number of unbranched alkanes of at least 4 members (excludes halogenated alkanes) is 10. The smallest absolute Gasteiger partial charge is 0.336 e. The first kappa shape index (κ1) is 38.8. The van der Waals surface area contributed by atoms with Gasteiger partial charge in [0, 0.05) is 10.8 Å². The summed E-state index contributed by atoms with van der Waals surface area (Å²) in [5.74, 6) is -5.02. The summed E-state index contributed by atoms with van der Waals surface area (Å²) in [5, 5.41) is 45.3. The summed E-state index contributed by atoms with van der Waals surface area (Å²) < 4.78 is 0. The number of imide groups is 1. The van der Waals surface area contributed by atoms with Crippen molar-refractivity contribution in [3.63, 3.8) is 0 Å². The molecular formula is C39H43N3O10. The number of aryl methyl sites for hydroxylation is 1. The Balaban J connectivity index is 0.000000785. The molecule has 0 heterocycles. The number of hydrogen-bond donors (Lipinski definition) is 7. The summed E-state index contributed by atoms with van der Waals surface area (Å²) in [6, 6.07) is 8.61. The Kier molecular flexibility index (Phi) is 12.9. The molecule has 0 aromatic heterocycles. The van der Waals surface area contributed by atoms with Crippen LogP contribution in [0.3, 0.4) is 0 Å². The van der Waals surface area contributed by atoms with Gasteiger partial charge in [-0.25, -0.2) is 28.8 Å². The van der Waals surface area contributed by atoms with Crippen molar-refractivity contribution in [1.29, 1.82) is 0 Å². The van der Waals surface area contributed by atoms with Crippen molar-refractivity contribution < 1.29 is 49.2 Å². The van der Waals surface area contributed by atoms with Gasteiger partial charge in [0.25, 0.3) is 0 Å². The molecule has 5 aromatic rings. The normalized spacial score (nSPS) is 11.1. The molecule has 0 aliphatic rings. The molecule has 9 N–H and O–H groups in total. The zero-order valence-corrected chi connectivity index (χ0v) is 28.9. The molecule has 0 aliphatic heterocycles. The summed E-state index contributed by atoms with van der Waals surface area (Å²) in [6.45, 7) is 2.21. The number of carboxylic acid groups (broad SMARTS) is 4. The second-order valence-corrected chi connectivity index (χ2v) is 12.8. The predicted octanol–water partition coefficient (Wildman–Crippen LogP) is 8.12. The van der Waals surface area contributed by atoms with E-state index in [-0.39, 0.29) is 33.0 Å². The standard InChI is InChI=1S/C37H38O8.C2H5N3O2/c1-2-3-4-5-6-7-8-9-10-11-12-13-21-20-28(37(44)45)32-27(36(42)43)18-15-23-22-14-17-25(34(38)39)31-26(35(40)41)19-16-24(30(22)31)29(21)33(23)32;3-1(6)5-2(4)7/h14-20H,2-13H2,1H3,(H,38,39)(H,40,41)(H,42,43)(H,44,45);(H5,3,4,5,6,7). The van der Waals surface area contributed by atoms with Crippen LogP contribution in [0, 0.1) is 0 Å². The minimum Gasteiger partial charge on any atom is -0.478 e. The molecule has 0 bridgehead atoms. The zero-order valence-electron chi connectivity index (χ0n) is 28.9. The molecule has 0 atom stereocenters. The van der Waals surface area contributed by atoms with Crippen LogP contribution in [0.1, 0.15) is 125 Å². The Bertz CT molecular complexity index is 2140. The second kappa shape index (κ2) is 17.3. The highest BCUT2D eigenvalue weighted by Gasteiger charge is 2.27. The van der Waals surface area contributed by atoms with E-state index in [4.69, 9.17) is 0 Å². The Morgan fingerprint density at radius 2 is 0.865 bits per heavy atom. The van der Waals surface area contributed by atoms with Crippen molar-refractivity contribution >= 4 is 79.0 Å². The average molecular weight is 714 g/mol. The number of benzene rings is 5. The van der Waals surface area contributed by atoms with E-state index >= 15 is 0 Å². The molecular weight excluding hydrogens is 670 g/mol. The van der Waals surface area contributed by atoms with Crippen LogP contribution in [0.15, 0.2) is 42.5 Å². The van der Waals surface area contributed by atoms with Crippen LogP contribution >= 0.6 is 0 Å². The van der Waals surface area contributed by atoms with Crippen molar-refractivity contribution in [2.45, 2.75) is 84.0 Å². The van der Waals surface area contributed by atoms with E-state index in [9.17, 15) is 49.2 Å². The number of primary amides is 2. The third-order valence-corrected chi connectivity index (χ3v) is 9.30. The Morgan fingerprint density at radius 3 is 1.27 bits per heavy atom. The van der Waals surface area contributed by atoms with Gasteiger partial charge in [-0.3, -0.25) is 5.32 Å². The maximum atomic E-state index is 12.6. The Hall–Kier alpha value is -5.98. The summed E-state index contributed by atoms with van der Waals surface area (Å²) in [4.78, 5) is 68.7. The number of amides is 4. The number of carbonyl (C=O) groups excluding carboxylic acids is 2. The highest BCUT2D eigenvalue weighted by Crippen LogP contribution is 2.45. The van der Waals surface area contributed by atoms with Gasteiger partial charge in [0.05, 0.1) is 22.3 Å². The van der Waals surface area contributed by atoms with E-state index in [0.717, 1.165) is 31.2 Å². The van der Waals surface area contributed by atoms with Gasteiger partial charge in [0.2, 0.25) is 0 Å². The van der Waals surface area contributed by atoms with Gasteiger partial charge in [-0.05, 0) is 75.0 Å². The lowest BCUT2D eigenvalue weighted by molar-refractivity contribution is 0.0681. The molecule has 0 spiro atoms. The maximum Gasteiger partial charge on any atom is 0.336 e. The van der Waals surface area contributed by atoms with Gasteiger partial charge < -0.3 is 31.9 Å². The lowest BCUT2D eigenvalue weighted by Gasteiger charge is -2.21. The molecule has 0 aliphatic carbocycles. The van der Waals surface area contributed by atoms with E-state index in [0.29, 0.717) is 38.7 Å². The molecule has 13 heteroatoms. The number of hydrogen-bond acceptors (Lipinski definition) is 6. The minimum atomic E-state index is -1.26. The number of fused-ring (bicyclic) bond motifs is 2. The molecule has 52 heavy (non-hydrogen) atoms. The molecule has 13 nitrogen and oxygen atoms in total. The number of nitrogens with one attached hydrogen (secondary N) is 1. The van der Waals surface area contributed by atoms with E-state index in [1.54, 1.807) is 29.6 Å². The zero-order chi connectivity index (χ0) is 38.1. The summed E-state index contributed by atoms with van der Waals surface area (Å²) in [7, 11) is 0. The minimum absolute atomic E-state index is 0.0917. The molecule has 0 saturated heterocycles. The van der Waals surface area contributed by atoms with Crippen LogP contribution < -0.4 is 16.8 Å². The predicted molar refractivity (Wildman–Crippen MR) is 198 cm³/mol. The van der Waals surface area contributed by atoms with Crippen LogP contribution in [-0.2, 0) is 6.42 Å². The first-order valence-electron chi connectivity index (χ1n) is 17.3. The van der Waals surface area contributed by atoms with Gasteiger partial charge in [0.1, 0.15) is 0 Å². The van der Waals surface area contributed by atoms with Crippen LogP contribution in [-0.4, -0.2) is 56.4 Å². The van der Waals surface area contributed by atoms with Crippen molar-refractivity contribution in [2.75, 3.05) is 0 Å². The number of rotatable bonds is 16. The molecule has 5 rings (SSSR count). The number of carboxylic acids is 4. The fourth-order valence-corrected chi connectivity index (χ4v) is 7.08. The summed E-state index contributed by atoms with van der Waals surface area (Å²) >= 11 is 0. The van der Waals surface area contributed by atoms with Gasteiger partial charge in [-0.1, -0.05) is 89.3 Å². The number of aromatic carboxylic acids is 4. The molecule has 0 unspecified atom stereocenters. The van der Waals surface area contributed by atoms with E-state index in [1.807, 2.05) is 0 Å². The highest BCUT2D eigenvalue weighted by molar-refractivity contribution is 6.38. The molecule has 274 valence electrons. The van der Waals surface area contributed by atoms with E-state index < -0.39 is 35.9 Å². The summed E-state index contributed by atoms with van der Waals surface area (Å²) in [6.07, 6.45) is 13.3. The third kappa shape index (κ3) is 8.48. The molecule has 0 radical (unpaired) electrons. The van der Waals surface area contributed by atoms with E-state index in [2.05, 4.69) is 18.4 Å². The topological polar surface area (TPSA) is 247 Å². The Labute approximate surface area is 298 Å². The number of nitrogens with two attached hydrogens (primary N) is 2. The van der Waals surface area contributed by atoms with Gasteiger partial charge in [-0.2, -0.15) is 0 Å². The first-order chi connectivity index (χ1) is 24.8. The lowest BCUT2D eigenvalue weighted by Crippen LogP contribution is -2.38. The quantitative estimate of drug-likeness (QED) is 0.0294. The van der Waals surface area contributed by atoms with Gasteiger partial charge in [-0.15, -0.1) is 0 Å². The van der Waals surface area contributed by atoms with Crippen molar-refractivity contribution in [2.24, 2.45) is 11.5 Å². The van der Waals surface area contributed by atoms with Gasteiger partial charge in [0.15, 0.2) is 0 Å². The molecule has 0 fully saturated rings. The third-order valence-electron chi connectivity index (χ3n) is 9.30. The van der Waals surface area contributed by atoms with Gasteiger partial charge >= 0.3 is 35.9 Å². The number of carbonyl (C=O) groups is 6. The van der Waals surface area contributed by atoms with Crippen LogP contribution in [0.4, 0.5) is 9.59 Å². The van der Waals surface area contributed by atoms with Crippen molar-refractivity contribution in [3.8, 4) is 0 Å². The molecule has 5 aromatic carbocycles. The fourth-order valence-electron chi connectivity index (χ4n) is 7.08. The largest absolute Gasteiger partial charge is 0.478 e. The van der Waals surface area contributed by atoms with Crippen molar-refractivity contribution in [3.05, 3.63) is 70.3 Å². The van der Waals surface area contributed by atoms with Crippen LogP contribution in [0.25, 0.3) is 43.1 Å². The molecule has 0 saturated carbocycles. The second-order valence-electron chi connectivity index (χ2n) is 12.8. The fraction of sp³-hybridized carbons (Fsp3) is 0.333. The maximum absolute atomic E-state index is 12.6. The highest BCUT2D eigenvalue weighted by atomic mass is 16.4. The lowest BCUT2D eigenvalue weighted by atomic mass is 9.82. The SMILES string of the molecule is CCCCCCCCCCCCCc1cc(C(=O)O)c2c(C(=O)O)ccc3c4ccc(C(=O)O)c5c(C(=O)O)ccc(c1c23)c54.NC(=O)NC(N)=O. The average Bonchev–Trinajstić information content (AvgIpc) is 3.08. The van der Waals surface area contributed by atoms with Crippen molar-refractivity contribution in [1.82, 2.24) is 5.32 Å².